The molecule has 2 aromatic rings. The van der Waals surface area contributed by atoms with E-state index in [0.29, 0.717) is 12.3 Å². The Kier molecular flexibility index (Phi) is 7.52. The highest BCUT2D eigenvalue weighted by Crippen LogP contribution is 2.21. The van der Waals surface area contributed by atoms with E-state index in [1.165, 1.54) is 0 Å². The number of hydrogen-bond donors (Lipinski definition) is 2. The van der Waals surface area contributed by atoms with Crippen molar-refractivity contribution in [1.29, 1.82) is 0 Å². The molecule has 1 aromatic carbocycles. The number of nitrogens with one attached hydrogen (secondary N) is 1. The molecule has 0 aliphatic rings. The molecular weight excluding hydrogens is 304 g/mol. The number of aryl methyl sites for hydroxylation is 1. The molecule has 1 aromatic heterocycles. The van der Waals surface area contributed by atoms with E-state index >= 15 is 0 Å². The van der Waals surface area contributed by atoms with E-state index in [0.717, 1.165) is 36.4 Å². The van der Waals surface area contributed by atoms with Crippen LogP contribution in [0.15, 0.2) is 34.9 Å². The average Bonchev–Trinajstić information content (AvgIpc) is 3.01. The molecule has 0 aliphatic carbocycles. The van der Waals surface area contributed by atoms with Crippen LogP contribution in [0.25, 0.3) is 12.2 Å². The first kappa shape index (κ1) is 18.2. The van der Waals surface area contributed by atoms with Gasteiger partial charge in [0.25, 0.3) is 0 Å². The molecule has 1 atom stereocenters. The number of unbranched alkanes of at least 4 members (excludes halogenated alkanes) is 1. The Morgan fingerprint density at radius 3 is 2.92 bits per heavy atom. The lowest BCUT2D eigenvalue weighted by molar-refractivity contribution is 0.106. The van der Waals surface area contributed by atoms with Gasteiger partial charge in [-0.1, -0.05) is 36.7 Å². The summed E-state index contributed by atoms with van der Waals surface area (Å²) in [6.07, 6.45) is 5.49. The molecule has 0 spiro atoms. The van der Waals surface area contributed by atoms with Crippen molar-refractivity contribution in [2.24, 2.45) is 0 Å². The van der Waals surface area contributed by atoms with Crippen LogP contribution in [0.4, 0.5) is 0 Å². The number of hydrogen-bond acceptors (Lipinski definition) is 5. The summed E-state index contributed by atoms with van der Waals surface area (Å²) in [7, 11) is 0. The first-order chi connectivity index (χ1) is 11.7. The van der Waals surface area contributed by atoms with Crippen molar-refractivity contribution in [2.75, 3.05) is 19.7 Å². The number of nitrogens with zero attached hydrogens (tertiary/aromatic N) is 1. The maximum Gasteiger partial charge on any atom is 0.159 e. The molecular formula is C19H26N2O3. The number of aliphatic hydroxyl groups excluding tert-OH is 1. The Morgan fingerprint density at radius 1 is 1.33 bits per heavy atom. The Bertz CT molecular complexity index is 637. The summed E-state index contributed by atoms with van der Waals surface area (Å²) in [5.74, 6) is 1.43. The van der Waals surface area contributed by atoms with Crippen molar-refractivity contribution in [1.82, 2.24) is 10.5 Å². The number of ether oxygens (including phenoxy) is 1. The second-order valence-corrected chi connectivity index (χ2v) is 5.76. The van der Waals surface area contributed by atoms with Crippen LogP contribution in [0.3, 0.4) is 0 Å². The monoisotopic (exact) mass is 330 g/mol. The topological polar surface area (TPSA) is 67.5 Å². The molecule has 0 saturated carbocycles. The van der Waals surface area contributed by atoms with E-state index in [1.807, 2.05) is 49.4 Å². The fraction of sp³-hybridized carbons (Fsp3) is 0.421. The van der Waals surface area contributed by atoms with Gasteiger partial charge < -0.3 is 19.7 Å². The molecule has 0 fully saturated rings. The van der Waals surface area contributed by atoms with Crippen molar-refractivity contribution >= 4 is 12.2 Å². The molecule has 0 radical (unpaired) electrons. The lowest BCUT2D eigenvalue weighted by Crippen LogP contribution is -2.32. The van der Waals surface area contributed by atoms with Crippen LogP contribution < -0.4 is 10.1 Å². The fourth-order valence-electron chi connectivity index (χ4n) is 2.20. The molecule has 130 valence electrons. The lowest BCUT2D eigenvalue weighted by Gasteiger charge is -2.14. The summed E-state index contributed by atoms with van der Waals surface area (Å²) in [5.41, 5.74) is 1.77. The molecule has 5 heteroatoms. The third kappa shape index (κ3) is 6.18. The van der Waals surface area contributed by atoms with Gasteiger partial charge in [0.15, 0.2) is 5.76 Å². The van der Waals surface area contributed by atoms with Crippen molar-refractivity contribution in [3.63, 3.8) is 0 Å². The third-order valence-electron chi connectivity index (χ3n) is 3.51. The first-order valence-corrected chi connectivity index (χ1v) is 8.41. The smallest absolute Gasteiger partial charge is 0.159 e. The molecule has 1 heterocycles. The summed E-state index contributed by atoms with van der Waals surface area (Å²) in [6, 6.07) is 9.58. The largest absolute Gasteiger partial charge is 0.490 e. The Labute approximate surface area is 143 Å². The summed E-state index contributed by atoms with van der Waals surface area (Å²) in [5, 5.41) is 17.1. The van der Waals surface area contributed by atoms with Crippen LogP contribution in [-0.2, 0) is 0 Å². The number of aromatic nitrogens is 1. The van der Waals surface area contributed by atoms with Crippen molar-refractivity contribution in [2.45, 2.75) is 32.8 Å². The minimum atomic E-state index is -0.532. The van der Waals surface area contributed by atoms with E-state index < -0.39 is 6.10 Å². The van der Waals surface area contributed by atoms with Crippen molar-refractivity contribution < 1.29 is 14.4 Å². The van der Waals surface area contributed by atoms with E-state index in [9.17, 15) is 5.11 Å². The average molecular weight is 330 g/mol. The highest BCUT2D eigenvalue weighted by molar-refractivity contribution is 5.70. The van der Waals surface area contributed by atoms with Gasteiger partial charge in [-0.25, -0.2) is 0 Å². The van der Waals surface area contributed by atoms with E-state index in [-0.39, 0.29) is 6.61 Å². The Morgan fingerprint density at radius 2 is 2.17 bits per heavy atom. The highest BCUT2D eigenvalue weighted by atomic mass is 16.5. The summed E-state index contributed by atoms with van der Waals surface area (Å²) >= 11 is 0. The maximum atomic E-state index is 9.98. The molecule has 5 nitrogen and oxygen atoms in total. The van der Waals surface area contributed by atoms with Crippen LogP contribution in [0.5, 0.6) is 5.75 Å². The van der Waals surface area contributed by atoms with Crippen LogP contribution in [-0.4, -0.2) is 36.1 Å². The van der Waals surface area contributed by atoms with Gasteiger partial charge in [0.1, 0.15) is 18.5 Å². The second kappa shape index (κ2) is 9.90. The van der Waals surface area contributed by atoms with Gasteiger partial charge in [0.05, 0.1) is 5.69 Å². The van der Waals surface area contributed by atoms with Crippen LogP contribution in [0.2, 0.25) is 0 Å². The predicted octanol–water partition coefficient (Wildman–Crippen LogP) is 3.28. The first-order valence-electron chi connectivity index (χ1n) is 8.41. The third-order valence-corrected chi connectivity index (χ3v) is 3.51. The number of para-hydroxylation sites is 1. The molecule has 1 unspecified atom stereocenters. The van der Waals surface area contributed by atoms with Gasteiger partial charge in [-0.3, -0.25) is 0 Å². The van der Waals surface area contributed by atoms with Gasteiger partial charge in [0, 0.05) is 18.2 Å². The quantitative estimate of drug-likeness (QED) is 0.654. The standard InChI is InChI=1S/C19H26N2O3/c1-3-4-11-20-13-17(22)14-23-19-8-6-5-7-16(19)9-10-18-12-15(2)21-24-18/h5-10,12,17,20,22H,3-4,11,13-14H2,1-2H3/b10-9+. The van der Waals surface area contributed by atoms with Crippen LogP contribution in [0.1, 0.15) is 36.8 Å². The molecule has 2 N–H and O–H groups in total. The van der Waals surface area contributed by atoms with Crippen molar-refractivity contribution in [3.8, 4) is 5.75 Å². The minimum absolute atomic E-state index is 0.255. The van der Waals surface area contributed by atoms with Crippen molar-refractivity contribution in [3.05, 3.63) is 47.3 Å². The zero-order valence-electron chi connectivity index (χ0n) is 14.4. The van der Waals surface area contributed by atoms with E-state index in [4.69, 9.17) is 9.26 Å². The molecule has 2 rings (SSSR count). The predicted molar refractivity (Wildman–Crippen MR) is 95.9 cm³/mol. The normalized spacial score (nSPS) is 12.6. The van der Waals surface area contributed by atoms with Gasteiger partial charge in [-0.2, -0.15) is 0 Å². The molecule has 0 bridgehead atoms. The van der Waals surface area contributed by atoms with Crippen LogP contribution >= 0.6 is 0 Å². The van der Waals surface area contributed by atoms with Gasteiger partial charge in [0.2, 0.25) is 0 Å². The zero-order valence-corrected chi connectivity index (χ0v) is 14.4. The minimum Gasteiger partial charge on any atom is -0.490 e. The maximum absolute atomic E-state index is 9.98. The second-order valence-electron chi connectivity index (χ2n) is 5.76. The Hall–Kier alpha value is -2.11. The van der Waals surface area contributed by atoms with Gasteiger partial charge in [-0.15, -0.1) is 0 Å². The zero-order chi connectivity index (χ0) is 17.2. The van der Waals surface area contributed by atoms with E-state index in [2.05, 4.69) is 17.4 Å². The fourth-order valence-corrected chi connectivity index (χ4v) is 2.20. The van der Waals surface area contributed by atoms with Crippen LogP contribution in [0, 0.1) is 6.92 Å². The summed E-state index contributed by atoms with van der Waals surface area (Å²) in [6.45, 7) is 5.74. The van der Waals surface area contributed by atoms with Gasteiger partial charge in [-0.05, 0) is 38.1 Å². The molecule has 0 amide bonds. The lowest BCUT2D eigenvalue weighted by atomic mass is 10.2. The SMILES string of the molecule is CCCCNCC(O)COc1ccccc1/C=C/c1cc(C)no1. The summed E-state index contributed by atoms with van der Waals surface area (Å²) in [4.78, 5) is 0. The van der Waals surface area contributed by atoms with E-state index in [1.54, 1.807) is 0 Å². The number of rotatable bonds is 10. The molecule has 0 saturated heterocycles. The molecule has 24 heavy (non-hydrogen) atoms. The number of aliphatic hydroxyl groups is 1. The molecule has 0 aliphatic heterocycles. The van der Waals surface area contributed by atoms with Gasteiger partial charge >= 0.3 is 0 Å². The Balaban J connectivity index is 1.88. The summed E-state index contributed by atoms with van der Waals surface area (Å²) < 4.78 is 10.9. The highest BCUT2D eigenvalue weighted by Gasteiger charge is 2.07. The number of benzene rings is 1.